The Kier molecular flexibility index (Phi) is 4.17. The second kappa shape index (κ2) is 5.30. The molecule has 2 rings (SSSR count). The predicted octanol–water partition coefficient (Wildman–Crippen LogP) is 0.941. The fraction of sp³-hybridized carbons (Fsp3) is 0.929. The fourth-order valence-corrected chi connectivity index (χ4v) is 3.79. The molecule has 0 radical (unpaired) electrons. The molecule has 0 saturated carbocycles. The molecule has 2 saturated heterocycles. The first-order chi connectivity index (χ1) is 9.16. The van der Waals surface area contributed by atoms with Crippen LogP contribution in [0.2, 0.25) is 0 Å². The summed E-state index contributed by atoms with van der Waals surface area (Å²) in [4.78, 5) is 14.5. The van der Waals surface area contributed by atoms with Crippen molar-refractivity contribution in [3.63, 3.8) is 0 Å². The molecule has 2 aliphatic rings. The zero-order valence-electron chi connectivity index (χ0n) is 12.8. The summed E-state index contributed by atoms with van der Waals surface area (Å²) in [6.07, 6.45) is 5.36. The minimum atomic E-state index is -3.41. The van der Waals surface area contributed by atoms with Crippen molar-refractivity contribution in [2.75, 3.05) is 12.8 Å². The highest BCUT2D eigenvalue weighted by Crippen LogP contribution is 2.31. The van der Waals surface area contributed by atoms with E-state index in [1.54, 1.807) is 4.90 Å². The average molecular weight is 302 g/mol. The third-order valence-corrected chi connectivity index (χ3v) is 6.96. The van der Waals surface area contributed by atoms with Gasteiger partial charge in [-0.25, -0.2) is 8.42 Å². The first kappa shape index (κ1) is 15.8. The van der Waals surface area contributed by atoms with Gasteiger partial charge in [0.1, 0.15) is 4.75 Å². The molecule has 2 bridgehead atoms. The van der Waals surface area contributed by atoms with E-state index in [1.165, 1.54) is 26.7 Å². The Hall–Kier alpha value is -0.620. The molecule has 0 aromatic rings. The van der Waals surface area contributed by atoms with Crippen LogP contribution in [0, 0.1) is 0 Å². The highest BCUT2D eigenvalue weighted by Gasteiger charge is 2.45. The van der Waals surface area contributed by atoms with Crippen molar-refractivity contribution in [3.05, 3.63) is 0 Å². The van der Waals surface area contributed by atoms with E-state index in [4.69, 9.17) is 0 Å². The maximum absolute atomic E-state index is 12.7. The molecular weight excluding hydrogens is 276 g/mol. The molecule has 2 atom stereocenters. The van der Waals surface area contributed by atoms with Crippen molar-refractivity contribution in [2.45, 2.75) is 69.3 Å². The predicted molar refractivity (Wildman–Crippen MR) is 79.3 cm³/mol. The molecule has 2 aliphatic heterocycles. The van der Waals surface area contributed by atoms with Crippen LogP contribution in [-0.4, -0.2) is 54.9 Å². The summed E-state index contributed by atoms with van der Waals surface area (Å²) < 4.78 is 22.4. The number of hydrogen-bond donors (Lipinski definition) is 1. The van der Waals surface area contributed by atoms with Gasteiger partial charge in [0.25, 0.3) is 0 Å². The number of carbonyl (C=O) groups is 1. The number of nitrogens with zero attached hydrogens (tertiary/aromatic N) is 1. The van der Waals surface area contributed by atoms with E-state index in [0.717, 1.165) is 19.1 Å². The van der Waals surface area contributed by atoms with E-state index in [2.05, 4.69) is 5.32 Å². The van der Waals surface area contributed by atoms with Crippen LogP contribution in [0.4, 0.5) is 0 Å². The molecular formula is C14H26N2O3S. The van der Waals surface area contributed by atoms with Gasteiger partial charge in [-0.3, -0.25) is 4.79 Å². The van der Waals surface area contributed by atoms with Crippen molar-refractivity contribution in [2.24, 2.45) is 0 Å². The minimum Gasteiger partial charge on any atom is -0.339 e. The van der Waals surface area contributed by atoms with Crippen LogP contribution >= 0.6 is 0 Å². The second-order valence-corrected chi connectivity index (χ2v) is 9.20. The summed E-state index contributed by atoms with van der Waals surface area (Å²) in [5.41, 5.74) is 0. The van der Waals surface area contributed by atoms with Gasteiger partial charge in [0, 0.05) is 30.9 Å². The van der Waals surface area contributed by atoms with Gasteiger partial charge in [-0.05, 0) is 46.5 Å². The van der Waals surface area contributed by atoms with Crippen LogP contribution < -0.4 is 5.32 Å². The lowest BCUT2D eigenvalue weighted by Gasteiger charge is -2.40. The van der Waals surface area contributed by atoms with Crippen LogP contribution in [0.1, 0.15) is 46.5 Å². The van der Waals surface area contributed by atoms with Gasteiger partial charge in [0.05, 0.1) is 0 Å². The third-order valence-electron chi connectivity index (χ3n) is 4.93. The normalized spacial score (nSPS) is 30.3. The average Bonchev–Trinajstić information content (AvgIpc) is 2.68. The lowest BCUT2D eigenvalue weighted by Crippen LogP contribution is -2.56. The van der Waals surface area contributed by atoms with Crippen LogP contribution in [0.3, 0.4) is 0 Å². The Morgan fingerprint density at radius 3 is 2.15 bits per heavy atom. The summed E-state index contributed by atoms with van der Waals surface area (Å²) in [7, 11) is -3.41. The van der Waals surface area contributed by atoms with Gasteiger partial charge in [-0.1, -0.05) is 0 Å². The Balaban J connectivity index is 2.18. The SMILES string of the molecule is CCN(C(=O)C(C)(C)S(C)(=O)=O)C1CC2CCC(C1)N2. The third kappa shape index (κ3) is 2.72. The van der Waals surface area contributed by atoms with E-state index in [1.807, 2.05) is 6.92 Å². The minimum absolute atomic E-state index is 0.173. The largest absolute Gasteiger partial charge is 0.339 e. The fourth-order valence-electron chi connectivity index (χ4n) is 3.35. The first-order valence-corrected chi connectivity index (χ1v) is 9.32. The first-order valence-electron chi connectivity index (χ1n) is 7.43. The number of carbonyl (C=O) groups excluding carboxylic acids is 1. The molecule has 2 fully saturated rings. The van der Waals surface area contributed by atoms with E-state index in [-0.39, 0.29) is 11.9 Å². The molecule has 1 amide bonds. The smallest absolute Gasteiger partial charge is 0.243 e. The van der Waals surface area contributed by atoms with Crippen molar-refractivity contribution in [1.82, 2.24) is 10.2 Å². The summed E-state index contributed by atoms with van der Waals surface area (Å²) in [5.74, 6) is -0.256. The topological polar surface area (TPSA) is 66.5 Å². The molecule has 0 aromatic heterocycles. The maximum atomic E-state index is 12.7. The Morgan fingerprint density at radius 2 is 1.75 bits per heavy atom. The van der Waals surface area contributed by atoms with Gasteiger partial charge in [0.2, 0.25) is 5.91 Å². The number of fused-ring (bicyclic) bond motifs is 2. The van der Waals surface area contributed by atoms with Gasteiger partial charge in [-0.15, -0.1) is 0 Å². The molecule has 116 valence electrons. The lowest BCUT2D eigenvalue weighted by molar-refractivity contribution is -0.136. The number of piperidine rings is 1. The number of rotatable bonds is 4. The van der Waals surface area contributed by atoms with Crippen molar-refractivity contribution in [1.29, 1.82) is 0 Å². The van der Waals surface area contributed by atoms with E-state index < -0.39 is 14.6 Å². The molecule has 0 spiro atoms. The zero-order valence-corrected chi connectivity index (χ0v) is 13.7. The van der Waals surface area contributed by atoms with Crippen LogP contribution in [0.15, 0.2) is 0 Å². The van der Waals surface area contributed by atoms with Crippen molar-refractivity contribution < 1.29 is 13.2 Å². The van der Waals surface area contributed by atoms with Crippen LogP contribution in [0.5, 0.6) is 0 Å². The number of hydrogen-bond acceptors (Lipinski definition) is 4. The summed E-state index contributed by atoms with van der Waals surface area (Å²) in [6, 6.07) is 1.15. The Labute approximate surface area is 122 Å². The number of amides is 1. The number of nitrogens with one attached hydrogen (secondary N) is 1. The molecule has 1 N–H and O–H groups in total. The van der Waals surface area contributed by atoms with Crippen molar-refractivity contribution >= 4 is 15.7 Å². The molecule has 0 aliphatic carbocycles. The Morgan fingerprint density at radius 1 is 1.25 bits per heavy atom. The molecule has 2 unspecified atom stereocenters. The monoisotopic (exact) mass is 302 g/mol. The van der Waals surface area contributed by atoms with Gasteiger partial charge >= 0.3 is 0 Å². The van der Waals surface area contributed by atoms with Crippen LogP contribution in [-0.2, 0) is 14.6 Å². The van der Waals surface area contributed by atoms with E-state index >= 15 is 0 Å². The highest BCUT2D eigenvalue weighted by atomic mass is 32.2. The van der Waals surface area contributed by atoms with Crippen molar-refractivity contribution in [3.8, 4) is 0 Å². The molecule has 20 heavy (non-hydrogen) atoms. The Bertz CT molecular complexity index is 475. The molecule has 0 aromatic carbocycles. The standard InChI is InChI=1S/C14H26N2O3S/c1-5-16(13(17)14(2,3)20(4,18)19)12-8-10-6-7-11(9-12)15-10/h10-12,15H,5-9H2,1-4H3. The number of sulfone groups is 1. The van der Waals surface area contributed by atoms with Gasteiger partial charge < -0.3 is 10.2 Å². The molecule has 5 nitrogen and oxygen atoms in total. The molecule has 6 heteroatoms. The van der Waals surface area contributed by atoms with E-state index in [9.17, 15) is 13.2 Å². The van der Waals surface area contributed by atoms with Gasteiger partial charge in [0.15, 0.2) is 9.84 Å². The maximum Gasteiger partial charge on any atom is 0.243 e. The van der Waals surface area contributed by atoms with Crippen LogP contribution in [0.25, 0.3) is 0 Å². The van der Waals surface area contributed by atoms with Gasteiger partial charge in [-0.2, -0.15) is 0 Å². The molecule has 2 heterocycles. The van der Waals surface area contributed by atoms with E-state index in [0.29, 0.717) is 18.6 Å². The summed E-state index contributed by atoms with van der Waals surface area (Å²) in [6.45, 7) is 5.54. The summed E-state index contributed by atoms with van der Waals surface area (Å²) >= 11 is 0. The lowest BCUT2D eigenvalue weighted by atomic mass is 9.97. The summed E-state index contributed by atoms with van der Waals surface area (Å²) in [5, 5.41) is 3.55. The quantitative estimate of drug-likeness (QED) is 0.839. The second-order valence-electron chi connectivity index (χ2n) is 6.64. The highest BCUT2D eigenvalue weighted by molar-refractivity contribution is 7.92. The zero-order chi connectivity index (χ0) is 15.1.